The third-order valence-corrected chi connectivity index (χ3v) is 5.70. The molecule has 4 rings (SSSR count). The van der Waals surface area contributed by atoms with E-state index in [2.05, 4.69) is 27.5 Å². The Bertz CT molecular complexity index is 757. The molecule has 0 bridgehead atoms. The van der Waals surface area contributed by atoms with Gasteiger partial charge in [-0.05, 0) is 62.8 Å². The molecule has 0 atom stereocenters. The summed E-state index contributed by atoms with van der Waals surface area (Å²) in [6.45, 7) is 2.13. The summed E-state index contributed by atoms with van der Waals surface area (Å²) in [6.07, 6.45) is 10.8. The van der Waals surface area contributed by atoms with Gasteiger partial charge in [-0.3, -0.25) is 4.68 Å². The fourth-order valence-electron chi connectivity index (χ4n) is 3.77. The van der Waals surface area contributed by atoms with Crippen molar-refractivity contribution in [3.63, 3.8) is 0 Å². The molecule has 2 aliphatic rings. The molecule has 2 aliphatic carbocycles. The van der Waals surface area contributed by atoms with Gasteiger partial charge < -0.3 is 11.1 Å². The fraction of sp³-hybridized carbons (Fsp3) is 0.684. The molecule has 0 radical (unpaired) electrons. The van der Waals surface area contributed by atoms with Crippen LogP contribution in [0.4, 0.5) is 5.95 Å². The van der Waals surface area contributed by atoms with Crippen LogP contribution in [0.1, 0.15) is 56.7 Å². The minimum atomic E-state index is 0.344. The summed E-state index contributed by atoms with van der Waals surface area (Å²) < 4.78 is 1.91. The average molecular weight is 355 g/mol. The summed E-state index contributed by atoms with van der Waals surface area (Å²) in [4.78, 5) is 9.41. The normalized spacial score (nSPS) is 23.2. The maximum atomic E-state index is 6.02. The molecule has 7 heteroatoms. The van der Waals surface area contributed by atoms with Gasteiger partial charge in [-0.25, -0.2) is 9.97 Å². The molecule has 0 aliphatic heterocycles. The number of rotatable bonds is 6. The second-order valence-electron chi connectivity index (χ2n) is 7.83. The van der Waals surface area contributed by atoms with Crippen LogP contribution in [0, 0.1) is 5.92 Å². The highest BCUT2D eigenvalue weighted by molar-refractivity contribution is 5.62. The van der Waals surface area contributed by atoms with Gasteiger partial charge in [-0.2, -0.15) is 0 Å². The Balaban J connectivity index is 1.60. The molecule has 0 amide bonds. The Morgan fingerprint density at radius 3 is 2.62 bits per heavy atom. The lowest BCUT2D eigenvalue weighted by Crippen LogP contribution is -2.33. The maximum absolute atomic E-state index is 6.02. The van der Waals surface area contributed by atoms with E-state index in [1.54, 1.807) is 0 Å². The zero-order valence-corrected chi connectivity index (χ0v) is 15.8. The van der Waals surface area contributed by atoms with E-state index in [1.807, 2.05) is 17.9 Å². The second kappa shape index (κ2) is 7.31. The van der Waals surface area contributed by atoms with E-state index in [1.165, 1.54) is 18.5 Å². The van der Waals surface area contributed by atoms with Crippen LogP contribution in [0.25, 0.3) is 11.4 Å². The van der Waals surface area contributed by atoms with Crippen molar-refractivity contribution in [1.82, 2.24) is 25.0 Å². The quantitative estimate of drug-likeness (QED) is 0.826. The van der Waals surface area contributed by atoms with Gasteiger partial charge in [0.05, 0.1) is 5.69 Å². The first-order valence-electron chi connectivity index (χ1n) is 9.91. The highest BCUT2D eigenvalue weighted by Gasteiger charge is 2.27. The lowest BCUT2D eigenvalue weighted by molar-refractivity contribution is 0.410. The van der Waals surface area contributed by atoms with Crippen LogP contribution < -0.4 is 11.1 Å². The highest BCUT2D eigenvalue weighted by Crippen LogP contribution is 2.35. The van der Waals surface area contributed by atoms with Crippen molar-refractivity contribution in [2.24, 2.45) is 18.7 Å². The Morgan fingerprint density at radius 1 is 1.15 bits per heavy atom. The smallest absolute Gasteiger partial charge is 0.223 e. The van der Waals surface area contributed by atoms with Crippen LogP contribution in [-0.2, 0) is 19.9 Å². The summed E-state index contributed by atoms with van der Waals surface area (Å²) in [7, 11) is 1.98. The summed E-state index contributed by atoms with van der Waals surface area (Å²) in [5.74, 6) is 1.47. The summed E-state index contributed by atoms with van der Waals surface area (Å²) in [5.41, 5.74) is 10.2. The van der Waals surface area contributed by atoms with Gasteiger partial charge in [0, 0.05) is 25.3 Å². The van der Waals surface area contributed by atoms with Gasteiger partial charge in [-0.1, -0.05) is 12.1 Å². The van der Waals surface area contributed by atoms with Gasteiger partial charge in [-0.15, -0.1) is 5.10 Å². The molecule has 2 aromatic rings. The van der Waals surface area contributed by atoms with Crippen molar-refractivity contribution in [3.05, 3.63) is 17.5 Å². The van der Waals surface area contributed by atoms with E-state index in [4.69, 9.17) is 10.7 Å². The standard InChI is InChI=1S/C19H29N7/c1-3-13-11-21-19(22-15-8-6-14(20)7-9-15)23-17(13)18-16(10-12-4-5-12)26(2)25-24-18/h11-12,14-15H,3-10,20H2,1-2H3,(H,21,22,23). The predicted molar refractivity (Wildman–Crippen MR) is 102 cm³/mol. The first kappa shape index (κ1) is 17.4. The van der Waals surface area contributed by atoms with Crippen molar-refractivity contribution in [3.8, 4) is 11.4 Å². The molecule has 140 valence electrons. The molecule has 2 saturated carbocycles. The number of nitrogens with one attached hydrogen (secondary N) is 1. The van der Waals surface area contributed by atoms with E-state index < -0.39 is 0 Å². The Kier molecular flexibility index (Phi) is 4.89. The third-order valence-electron chi connectivity index (χ3n) is 5.70. The van der Waals surface area contributed by atoms with E-state index in [9.17, 15) is 0 Å². The van der Waals surface area contributed by atoms with Crippen LogP contribution in [0.3, 0.4) is 0 Å². The van der Waals surface area contributed by atoms with Crippen molar-refractivity contribution >= 4 is 5.95 Å². The lowest BCUT2D eigenvalue weighted by atomic mass is 9.92. The zero-order chi connectivity index (χ0) is 18.1. The molecule has 2 heterocycles. The van der Waals surface area contributed by atoms with Gasteiger partial charge in [0.15, 0.2) is 0 Å². The molecule has 3 N–H and O–H groups in total. The Labute approximate surface area is 154 Å². The summed E-state index contributed by atoms with van der Waals surface area (Å²) >= 11 is 0. The van der Waals surface area contributed by atoms with Gasteiger partial charge in [0.2, 0.25) is 5.95 Å². The van der Waals surface area contributed by atoms with Crippen molar-refractivity contribution < 1.29 is 0 Å². The number of hydrogen-bond acceptors (Lipinski definition) is 6. The fourth-order valence-corrected chi connectivity index (χ4v) is 3.77. The van der Waals surface area contributed by atoms with Crippen LogP contribution in [0.15, 0.2) is 6.20 Å². The number of aryl methyl sites for hydroxylation is 2. The van der Waals surface area contributed by atoms with Crippen LogP contribution in [-0.4, -0.2) is 37.0 Å². The van der Waals surface area contributed by atoms with E-state index >= 15 is 0 Å². The maximum Gasteiger partial charge on any atom is 0.223 e. The van der Waals surface area contributed by atoms with Crippen molar-refractivity contribution in [2.45, 2.75) is 70.4 Å². The van der Waals surface area contributed by atoms with Gasteiger partial charge >= 0.3 is 0 Å². The predicted octanol–water partition coefficient (Wildman–Crippen LogP) is 2.47. The number of aromatic nitrogens is 5. The van der Waals surface area contributed by atoms with Crippen LogP contribution in [0.5, 0.6) is 0 Å². The molecule has 7 nitrogen and oxygen atoms in total. The molecular formula is C19H29N7. The molecule has 0 spiro atoms. The van der Waals surface area contributed by atoms with Crippen molar-refractivity contribution in [1.29, 1.82) is 0 Å². The van der Waals surface area contributed by atoms with Gasteiger partial charge in [0.1, 0.15) is 11.4 Å². The summed E-state index contributed by atoms with van der Waals surface area (Å²) in [6, 6.07) is 0.750. The topological polar surface area (TPSA) is 94.5 Å². The van der Waals surface area contributed by atoms with Crippen molar-refractivity contribution in [2.75, 3.05) is 5.32 Å². The molecule has 0 unspecified atom stereocenters. The molecule has 0 saturated heterocycles. The largest absolute Gasteiger partial charge is 0.351 e. The zero-order valence-electron chi connectivity index (χ0n) is 15.8. The van der Waals surface area contributed by atoms with E-state index in [0.29, 0.717) is 18.0 Å². The third kappa shape index (κ3) is 3.72. The number of nitrogens with zero attached hydrogens (tertiary/aromatic N) is 5. The number of hydrogen-bond donors (Lipinski definition) is 2. The Morgan fingerprint density at radius 2 is 1.92 bits per heavy atom. The molecule has 0 aromatic carbocycles. The van der Waals surface area contributed by atoms with Crippen LogP contribution >= 0.6 is 0 Å². The SMILES string of the molecule is CCc1cnc(NC2CCC(N)CC2)nc1-c1nnn(C)c1CC1CC1. The monoisotopic (exact) mass is 355 g/mol. The van der Waals surface area contributed by atoms with E-state index in [-0.39, 0.29) is 0 Å². The highest BCUT2D eigenvalue weighted by atomic mass is 15.4. The molecule has 2 aromatic heterocycles. The minimum Gasteiger partial charge on any atom is -0.351 e. The van der Waals surface area contributed by atoms with E-state index in [0.717, 1.165) is 61.4 Å². The summed E-state index contributed by atoms with van der Waals surface area (Å²) in [5, 5.41) is 12.2. The number of nitrogens with two attached hydrogens (primary N) is 1. The lowest BCUT2D eigenvalue weighted by Gasteiger charge is -2.26. The first-order valence-corrected chi connectivity index (χ1v) is 9.91. The number of anilines is 1. The Hall–Kier alpha value is -2.02. The minimum absolute atomic E-state index is 0.344. The van der Waals surface area contributed by atoms with Gasteiger partial charge in [0.25, 0.3) is 0 Å². The molecular weight excluding hydrogens is 326 g/mol. The van der Waals surface area contributed by atoms with Crippen LogP contribution in [0.2, 0.25) is 0 Å². The average Bonchev–Trinajstić information content (AvgIpc) is 3.40. The second-order valence-corrected chi connectivity index (χ2v) is 7.83. The molecule has 2 fully saturated rings. The first-order chi connectivity index (χ1) is 12.6. The molecule has 26 heavy (non-hydrogen) atoms.